The molecule has 0 atom stereocenters. The number of anilines is 1. The van der Waals surface area contributed by atoms with Crippen molar-refractivity contribution in [3.63, 3.8) is 0 Å². The van der Waals surface area contributed by atoms with E-state index in [0.717, 1.165) is 32.4 Å². The molecule has 0 spiro atoms. The van der Waals surface area contributed by atoms with E-state index in [1.165, 1.54) is 0 Å². The van der Waals surface area contributed by atoms with Crippen LogP contribution >= 0.6 is 27.7 Å². The minimum Gasteiger partial charge on any atom is -0.378 e. The van der Waals surface area contributed by atoms with E-state index in [1.54, 1.807) is 11.0 Å². The SMILES string of the molecule is CN(C)c1ccc(/C=C2\SC(=O)N(CC(=O)N3CCOCC3)C2=O)cc1Br. The number of thioether (sulfide) groups is 1. The second-order valence-corrected chi connectivity index (χ2v) is 8.21. The van der Waals surface area contributed by atoms with Crippen molar-refractivity contribution >= 4 is 56.5 Å². The van der Waals surface area contributed by atoms with Crippen LogP contribution in [0.15, 0.2) is 27.6 Å². The van der Waals surface area contributed by atoms with Crippen LogP contribution in [0.1, 0.15) is 5.56 Å². The summed E-state index contributed by atoms with van der Waals surface area (Å²) in [6.45, 7) is 1.69. The lowest BCUT2D eigenvalue weighted by atomic mass is 10.2. The van der Waals surface area contributed by atoms with Gasteiger partial charge in [-0.1, -0.05) is 6.07 Å². The van der Waals surface area contributed by atoms with Gasteiger partial charge in [-0.2, -0.15) is 0 Å². The zero-order valence-electron chi connectivity index (χ0n) is 15.1. The van der Waals surface area contributed by atoms with E-state index < -0.39 is 11.1 Å². The second kappa shape index (κ2) is 8.45. The lowest BCUT2D eigenvalue weighted by Crippen LogP contribution is -2.46. The van der Waals surface area contributed by atoms with Crippen molar-refractivity contribution in [1.82, 2.24) is 9.80 Å². The highest BCUT2D eigenvalue weighted by Gasteiger charge is 2.37. The highest BCUT2D eigenvalue weighted by atomic mass is 79.9. The van der Waals surface area contributed by atoms with Gasteiger partial charge >= 0.3 is 0 Å². The molecule has 0 aromatic heterocycles. The van der Waals surface area contributed by atoms with Crippen molar-refractivity contribution in [3.8, 4) is 0 Å². The molecular weight excluding hydrogens is 434 g/mol. The van der Waals surface area contributed by atoms with Crippen molar-refractivity contribution in [2.75, 3.05) is 51.8 Å². The number of halogens is 1. The van der Waals surface area contributed by atoms with Crippen molar-refractivity contribution in [2.24, 2.45) is 0 Å². The van der Waals surface area contributed by atoms with Gasteiger partial charge in [0.2, 0.25) is 5.91 Å². The summed E-state index contributed by atoms with van der Waals surface area (Å²) in [7, 11) is 3.88. The highest BCUT2D eigenvalue weighted by Crippen LogP contribution is 2.33. The topological polar surface area (TPSA) is 70.2 Å². The normalized spacial score (nSPS) is 19.1. The van der Waals surface area contributed by atoms with Crippen LogP contribution in [0.2, 0.25) is 0 Å². The lowest BCUT2D eigenvalue weighted by Gasteiger charge is -2.28. The smallest absolute Gasteiger partial charge is 0.294 e. The fourth-order valence-electron chi connectivity index (χ4n) is 2.81. The summed E-state index contributed by atoms with van der Waals surface area (Å²) in [6.07, 6.45) is 1.67. The molecule has 7 nitrogen and oxygen atoms in total. The number of benzene rings is 1. The van der Waals surface area contributed by atoms with Gasteiger partial charge in [-0.15, -0.1) is 0 Å². The summed E-state index contributed by atoms with van der Waals surface area (Å²) in [5, 5.41) is -0.420. The van der Waals surface area contributed by atoms with Crippen LogP contribution in [-0.4, -0.2) is 73.8 Å². The number of rotatable bonds is 4. The molecule has 0 N–H and O–H groups in total. The molecule has 2 aliphatic rings. The number of carbonyl (C=O) groups excluding carboxylic acids is 3. The maximum absolute atomic E-state index is 12.6. The van der Waals surface area contributed by atoms with Crippen LogP contribution in [0.5, 0.6) is 0 Å². The number of amides is 3. The molecule has 0 bridgehead atoms. The Morgan fingerprint density at radius 3 is 2.63 bits per heavy atom. The van der Waals surface area contributed by atoms with Gasteiger partial charge in [-0.3, -0.25) is 19.3 Å². The summed E-state index contributed by atoms with van der Waals surface area (Å²) in [5.74, 6) is -0.667. The number of hydrogen-bond donors (Lipinski definition) is 0. The molecule has 0 saturated carbocycles. The van der Waals surface area contributed by atoms with Crippen LogP contribution < -0.4 is 4.90 Å². The van der Waals surface area contributed by atoms with Gasteiger partial charge in [-0.05, 0) is 51.5 Å². The molecular formula is C18H20BrN3O4S. The van der Waals surface area contributed by atoms with Crippen LogP contribution in [0.4, 0.5) is 10.5 Å². The minimum atomic E-state index is -0.431. The van der Waals surface area contributed by atoms with Gasteiger partial charge in [0.05, 0.1) is 23.8 Å². The number of morpholine rings is 1. The monoisotopic (exact) mass is 453 g/mol. The molecule has 9 heteroatoms. The van der Waals surface area contributed by atoms with E-state index in [9.17, 15) is 14.4 Å². The number of ether oxygens (including phenoxy) is 1. The number of nitrogens with zero attached hydrogens (tertiary/aromatic N) is 3. The summed E-state index contributed by atoms with van der Waals surface area (Å²) >= 11 is 4.37. The Morgan fingerprint density at radius 2 is 2.00 bits per heavy atom. The zero-order chi connectivity index (χ0) is 19.6. The lowest BCUT2D eigenvalue weighted by molar-refractivity contribution is -0.139. The first-order chi connectivity index (χ1) is 12.9. The summed E-state index contributed by atoms with van der Waals surface area (Å²) in [4.78, 5) is 42.1. The van der Waals surface area contributed by atoms with Gasteiger partial charge in [-0.25, -0.2) is 0 Å². The van der Waals surface area contributed by atoms with E-state index in [-0.39, 0.29) is 12.5 Å². The average Bonchev–Trinajstić information content (AvgIpc) is 2.89. The van der Waals surface area contributed by atoms with Gasteiger partial charge in [0.1, 0.15) is 6.54 Å². The third-order valence-corrected chi connectivity index (χ3v) is 5.82. The molecule has 0 radical (unpaired) electrons. The molecule has 2 fully saturated rings. The quantitative estimate of drug-likeness (QED) is 0.651. The molecule has 3 amide bonds. The maximum atomic E-state index is 12.6. The number of hydrogen-bond acceptors (Lipinski definition) is 6. The van der Waals surface area contributed by atoms with E-state index in [2.05, 4.69) is 15.9 Å². The predicted octanol–water partition coefficient (Wildman–Crippen LogP) is 2.41. The molecule has 2 aliphatic heterocycles. The van der Waals surface area contributed by atoms with Gasteiger partial charge in [0, 0.05) is 31.7 Å². The average molecular weight is 454 g/mol. The summed E-state index contributed by atoms with van der Waals surface area (Å²) in [6, 6.07) is 5.71. The largest absolute Gasteiger partial charge is 0.378 e. The van der Waals surface area contributed by atoms with E-state index in [0.29, 0.717) is 31.2 Å². The van der Waals surface area contributed by atoms with E-state index in [1.807, 2.05) is 37.2 Å². The van der Waals surface area contributed by atoms with E-state index >= 15 is 0 Å². The molecule has 2 saturated heterocycles. The molecule has 144 valence electrons. The summed E-state index contributed by atoms with van der Waals surface area (Å²) < 4.78 is 6.11. The maximum Gasteiger partial charge on any atom is 0.294 e. The minimum absolute atomic E-state index is 0.231. The van der Waals surface area contributed by atoms with Crippen LogP contribution in [0, 0.1) is 0 Å². The molecule has 2 heterocycles. The Morgan fingerprint density at radius 1 is 1.30 bits per heavy atom. The Labute approximate surface area is 170 Å². The fraction of sp³-hybridized carbons (Fsp3) is 0.389. The van der Waals surface area contributed by atoms with Crippen molar-refractivity contribution < 1.29 is 19.1 Å². The number of carbonyl (C=O) groups is 3. The molecule has 3 rings (SSSR count). The third kappa shape index (κ3) is 4.53. The standard InChI is InChI=1S/C18H20BrN3O4S/c1-20(2)14-4-3-12(9-13(14)19)10-15-17(24)22(18(25)27-15)11-16(23)21-5-7-26-8-6-21/h3-4,9-10H,5-8,11H2,1-2H3/b15-10-. The number of imide groups is 1. The van der Waals surface area contributed by atoms with Crippen molar-refractivity contribution in [2.45, 2.75) is 0 Å². The van der Waals surface area contributed by atoms with Crippen LogP contribution in [0.25, 0.3) is 6.08 Å². The Balaban J connectivity index is 1.72. The molecule has 0 aliphatic carbocycles. The van der Waals surface area contributed by atoms with Gasteiger partial charge in [0.25, 0.3) is 11.1 Å². The highest BCUT2D eigenvalue weighted by molar-refractivity contribution is 9.10. The van der Waals surface area contributed by atoms with Crippen molar-refractivity contribution in [1.29, 1.82) is 0 Å². The predicted molar refractivity (Wildman–Crippen MR) is 109 cm³/mol. The molecule has 27 heavy (non-hydrogen) atoms. The second-order valence-electron chi connectivity index (χ2n) is 6.37. The Bertz CT molecular complexity index is 806. The molecule has 1 aromatic rings. The first kappa shape index (κ1) is 19.9. The molecule has 1 aromatic carbocycles. The fourth-order valence-corrected chi connectivity index (χ4v) is 4.40. The van der Waals surface area contributed by atoms with E-state index in [4.69, 9.17) is 4.74 Å². The van der Waals surface area contributed by atoms with Crippen LogP contribution in [0.3, 0.4) is 0 Å². The van der Waals surface area contributed by atoms with Gasteiger partial charge < -0.3 is 14.5 Å². The Kier molecular flexibility index (Phi) is 6.23. The third-order valence-electron chi connectivity index (χ3n) is 4.28. The van der Waals surface area contributed by atoms with Crippen LogP contribution in [-0.2, 0) is 14.3 Å². The van der Waals surface area contributed by atoms with Gasteiger partial charge in [0.15, 0.2) is 0 Å². The van der Waals surface area contributed by atoms with Crippen molar-refractivity contribution in [3.05, 3.63) is 33.1 Å². The Hall–Kier alpha value is -1.84. The molecule has 0 unspecified atom stereocenters. The first-order valence-electron chi connectivity index (χ1n) is 8.44. The zero-order valence-corrected chi connectivity index (χ0v) is 17.5. The first-order valence-corrected chi connectivity index (χ1v) is 10.1. The summed E-state index contributed by atoms with van der Waals surface area (Å²) in [5.41, 5.74) is 1.81.